The van der Waals surface area contributed by atoms with Gasteiger partial charge in [-0.2, -0.15) is 39.5 Å². The normalized spacial score (nSPS) is 14.8. The van der Waals surface area contributed by atoms with Crippen LogP contribution in [-0.2, 0) is 9.53 Å². The summed E-state index contributed by atoms with van der Waals surface area (Å²) in [5, 5.41) is 0. The molecule has 0 atom stereocenters. The molecule has 0 aromatic rings. The number of rotatable bonds is 2. The maximum absolute atomic E-state index is 11.8. The Morgan fingerprint density at radius 1 is 0.688 bits per heavy atom. The standard InChI is InChI=1S/C5HF9O2/c6-3(7,8)2(16-1-15,4(9,10)11)5(12,13)14/h1H. The lowest BCUT2D eigenvalue weighted by molar-refractivity contribution is -0.444. The zero-order valence-corrected chi connectivity index (χ0v) is 6.80. The van der Waals surface area contributed by atoms with Crippen molar-refractivity contribution in [3.63, 3.8) is 0 Å². The Kier molecular flexibility index (Phi) is 3.43. The van der Waals surface area contributed by atoms with Gasteiger partial charge in [-0.1, -0.05) is 0 Å². The number of carbonyl (C=O) groups is 1. The van der Waals surface area contributed by atoms with Gasteiger partial charge in [0.2, 0.25) is 0 Å². The van der Waals surface area contributed by atoms with Crippen LogP contribution in [0, 0.1) is 0 Å². The van der Waals surface area contributed by atoms with Gasteiger partial charge in [0.15, 0.2) is 0 Å². The Bertz CT molecular complexity index is 223. The van der Waals surface area contributed by atoms with E-state index in [2.05, 4.69) is 4.74 Å². The molecular formula is C5HF9O2. The van der Waals surface area contributed by atoms with Crippen LogP contribution in [0.4, 0.5) is 39.5 Å². The van der Waals surface area contributed by atoms with Crippen LogP contribution in [0.25, 0.3) is 0 Å². The molecule has 0 rings (SSSR count). The van der Waals surface area contributed by atoms with E-state index in [1.807, 2.05) is 0 Å². The van der Waals surface area contributed by atoms with E-state index in [1.165, 1.54) is 0 Å². The lowest BCUT2D eigenvalue weighted by Crippen LogP contribution is -2.67. The average Bonchev–Trinajstić information content (AvgIpc) is 1.91. The zero-order valence-electron chi connectivity index (χ0n) is 6.80. The molecule has 0 spiro atoms. The van der Waals surface area contributed by atoms with E-state index in [1.54, 1.807) is 0 Å². The molecule has 0 saturated heterocycles. The summed E-state index contributed by atoms with van der Waals surface area (Å²) < 4.78 is 109. The Morgan fingerprint density at radius 2 is 0.938 bits per heavy atom. The Morgan fingerprint density at radius 3 is 1.00 bits per heavy atom. The van der Waals surface area contributed by atoms with Crippen molar-refractivity contribution in [1.29, 1.82) is 0 Å². The highest BCUT2D eigenvalue weighted by molar-refractivity contribution is 5.39. The van der Waals surface area contributed by atoms with Crippen molar-refractivity contribution >= 4 is 6.47 Å². The molecule has 0 aromatic heterocycles. The first-order chi connectivity index (χ1) is 6.81. The molecule has 2 nitrogen and oxygen atoms in total. The van der Waals surface area contributed by atoms with Gasteiger partial charge in [0.05, 0.1) is 0 Å². The van der Waals surface area contributed by atoms with Gasteiger partial charge in [-0.25, -0.2) is 0 Å². The van der Waals surface area contributed by atoms with Gasteiger partial charge < -0.3 is 4.74 Å². The summed E-state index contributed by atoms with van der Waals surface area (Å²) in [6, 6.07) is 0. The van der Waals surface area contributed by atoms with Gasteiger partial charge in [0.25, 0.3) is 6.47 Å². The van der Waals surface area contributed by atoms with Gasteiger partial charge in [-0.3, -0.25) is 4.79 Å². The van der Waals surface area contributed by atoms with Crippen molar-refractivity contribution in [2.75, 3.05) is 0 Å². The number of ether oxygens (including phenoxy) is 1. The molecule has 0 aliphatic heterocycles. The van der Waals surface area contributed by atoms with Gasteiger partial charge in [-0.15, -0.1) is 0 Å². The molecule has 0 aliphatic carbocycles. The summed E-state index contributed by atoms with van der Waals surface area (Å²) >= 11 is 0. The van der Waals surface area contributed by atoms with E-state index in [-0.39, 0.29) is 0 Å². The van der Waals surface area contributed by atoms with E-state index in [4.69, 9.17) is 0 Å². The summed E-state index contributed by atoms with van der Waals surface area (Å²) in [6.45, 7) is -1.56. The van der Waals surface area contributed by atoms with Crippen LogP contribution in [0.5, 0.6) is 0 Å². The fourth-order valence-corrected chi connectivity index (χ4v) is 0.755. The molecule has 0 aromatic carbocycles. The van der Waals surface area contributed by atoms with E-state index in [9.17, 15) is 44.3 Å². The van der Waals surface area contributed by atoms with Crippen molar-refractivity contribution in [2.45, 2.75) is 24.1 Å². The zero-order chi connectivity index (χ0) is 13.4. The Labute approximate surface area is 81.0 Å². The van der Waals surface area contributed by atoms with E-state index in [0.29, 0.717) is 0 Å². The van der Waals surface area contributed by atoms with Crippen LogP contribution in [0.3, 0.4) is 0 Å². The summed E-state index contributed by atoms with van der Waals surface area (Å²) in [4.78, 5) is 9.44. The number of hydrogen-bond acceptors (Lipinski definition) is 2. The topological polar surface area (TPSA) is 26.3 Å². The molecule has 0 aliphatic rings. The van der Waals surface area contributed by atoms with Crippen molar-refractivity contribution in [3.05, 3.63) is 0 Å². The van der Waals surface area contributed by atoms with Gasteiger partial charge in [-0.05, 0) is 0 Å². The first kappa shape index (κ1) is 14.8. The van der Waals surface area contributed by atoms with Crippen molar-refractivity contribution in [2.24, 2.45) is 0 Å². The second kappa shape index (κ2) is 3.70. The van der Waals surface area contributed by atoms with Crippen LogP contribution in [0.1, 0.15) is 0 Å². The highest BCUT2D eigenvalue weighted by Gasteiger charge is 2.86. The minimum absolute atomic E-state index is 1.56. The summed E-state index contributed by atoms with van der Waals surface area (Å²) in [6.07, 6.45) is -20.6. The minimum Gasteiger partial charge on any atom is -0.434 e. The summed E-state index contributed by atoms with van der Waals surface area (Å²) in [5.41, 5.74) is -6.51. The Balaban J connectivity index is 5.92. The predicted molar refractivity (Wildman–Crippen MR) is 28.0 cm³/mol. The lowest BCUT2D eigenvalue weighted by Gasteiger charge is -2.36. The molecular weight excluding hydrogens is 263 g/mol. The number of alkyl halides is 9. The molecule has 96 valence electrons. The maximum Gasteiger partial charge on any atom is 0.447 e. The highest BCUT2D eigenvalue weighted by atomic mass is 19.4. The van der Waals surface area contributed by atoms with Crippen molar-refractivity contribution < 1.29 is 49.0 Å². The van der Waals surface area contributed by atoms with E-state index >= 15 is 0 Å². The van der Waals surface area contributed by atoms with Crippen LogP contribution in [0.15, 0.2) is 0 Å². The molecule has 0 unspecified atom stereocenters. The van der Waals surface area contributed by atoms with Gasteiger partial charge in [0.1, 0.15) is 0 Å². The molecule has 0 saturated carbocycles. The quantitative estimate of drug-likeness (QED) is 0.566. The third-order valence-electron chi connectivity index (χ3n) is 1.42. The molecule has 0 amide bonds. The first-order valence-electron chi connectivity index (χ1n) is 3.13. The third kappa shape index (κ3) is 2.02. The molecule has 16 heavy (non-hydrogen) atoms. The minimum atomic E-state index is -6.87. The number of halogens is 9. The summed E-state index contributed by atoms with van der Waals surface area (Å²) in [7, 11) is 0. The number of hydrogen-bond donors (Lipinski definition) is 0. The SMILES string of the molecule is O=COC(C(F)(F)F)(C(F)(F)F)C(F)(F)F. The molecule has 0 heterocycles. The highest BCUT2D eigenvalue weighted by Crippen LogP contribution is 2.54. The third-order valence-corrected chi connectivity index (χ3v) is 1.42. The largest absolute Gasteiger partial charge is 0.447 e. The molecule has 0 fully saturated rings. The second-order valence-corrected chi connectivity index (χ2v) is 2.39. The smallest absolute Gasteiger partial charge is 0.434 e. The van der Waals surface area contributed by atoms with Crippen LogP contribution < -0.4 is 0 Å². The average molecular weight is 264 g/mol. The summed E-state index contributed by atoms with van der Waals surface area (Å²) in [5.74, 6) is 0. The first-order valence-corrected chi connectivity index (χ1v) is 3.13. The molecule has 0 radical (unpaired) electrons. The van der Waals surface area contributed by atoms with E-state index in [0.717, 1.165) is 0 Å². The van der Waals surface area contributed by atoms with Crippen LogP contribution in [0.2, 0.25) is 0 Å². The fourth-order valence-electron chi connectivity index (χ4n) is 0.755. The van der Waals surface area contributed by atoms with Crippen molar-refractivity contribution in [3.8, 4) is 0 Å². The second-order valence-electron chi connectivity index (χ2n) is 2.39. The van der Waals surface area contributed by atoms with E-state index < -0.39 is 30.6 Å². The molecule has 11 heteroatoms. The number of carbonyl (C=O) groups excluding carboxylic acids is 1. The molecule has 0 N–H and O–H groups in total. The van der Waals surface area contributed by atoms with Gasteiger partial charge >= 0.3 is 24.1 Å². The predicted octanol–water partition coefficient (Wildman–Crippen LogP) is 2.59. The fraction of sp³-hybridized carbons (Fsp3) is 0.800. The monoisotopic (exact) mass is 264 g/mol. The maximum atomic E-state index is 11.8. The lowest BCUT2D eigenvalue weighted by atomic mass is 10.0. The van der Waals surface area contributed by atoms with Gasteiger partial charge in [0, 0.05) is 0 Å². The van der Waals surface area contributed by atoms with Crippen LogP contribution in [-0.4, -0.2) is 30.6 Å². The van der Waals surface area contributed by atoms with Crippen molar-refractivity contribution in [1.82, 2.24) is 0 Å². The van der Waals surface area contributed by atoms with Crippen LogP contribution >= 0.6 is 0 Å². The Hall–Kier alpha value is -1.16. The molecule has 0 bridgehead atoms.